The first kappa shape index (κ1) is 13.1. The summed E-state index contributed by atoms with van der Waals surface area (Å²) >= 11 is 0. The summed E-state index contributed by atoms with van der Waals surface area (Å²) in [6, 6.07) is 6.36. The van der Waals surface area contributed by atoms with Crippen LogP contribution in [0.25, 0.3) is 0 Å². The van der Waals surface area contributed by atoms with Crippen molar-refractivity contribution >= 4 is 11.6 Å². The zero-order valence-corrected chi connectivity index (χ0v) is 11.3. The van der Waals surface area contributed by atoms with Gasteiger partial charge in [0, 0.05) is 18.7 Å². The van der Waals surface area contributed by atoms with Gasteiger partial charge < -0.3 is 10.6 Å². The monoisotopic (exact) mass is 246 g/mol. The highest BCUT2D eigenvalue weighted by atomic mass is 16.2. The van der Waals surface area contributed by atoms with Crippen molar-refractivity contribution in [3.8, 4) is 0 Å². The molecular weight excluding hydrogens is 224 g/mol. The average molecular weight is 246 g/mol. The van der Waals surface area contributed by atoms with Crippen LogP contribution in [-0.2, 0) is 17.6 Å². The molecule has 1 aliphatic heterocycles. The molecule has 3 nitrogen and oxygen atoms in total. The fourth-order valence-corrected chi connectivity index (χ4v) is 2.50. The fraction of sp³-hybridized carbons (Fsp3) is 0.533. The lowest BCUT2D eigenvalue weighted by atomic mass is 10.1. The van der Waals surface area contributed by atoms with Crippen LogP contribution in [0.3, 0.4) is 0 Å². The summed E-state index contributed by atoms with van der Waals surface area (Å²) in [7, 11) is 0. The maximum Gasteiger partial charge on any atom is 0.227 e. The Morgan fingerprint density at radius 3 is 2.89 bits per heavy atom. The van der Waals surface area contributed by atoms with Gasteiger partial charge in [-0.15, -0.1) is 0 Å². The molecule has 0 unspecified atom stereocenters. The molecule has 1 heterocycles. The molecule has 0 aliphatic carbocycles. The third-order valence-corrected chi connectivity index (χ3v) is 3.36. The molecule has 18 heavy (non-hydrogen) atoms. The van der Waals surface area contributed by atoms with E-state index in [1.54, 1.807) is 0 Å². The van der Waals surface area contributed by atoms with Crippen molar-refractivity contribution in [1.29, 1.82) is 0 Å². The predicted molar refractivity (Wildman–Crippen MR) is 74.7 cm³/mol. The minimum Gasteiger partial charge on any atom is -0.330 e. The summed E-state index contributed by atoms with van der Waals surface area (Å²) < 4.78 is 0. The lowest BCUT2D eigenvalue weighted by Gasteiger charge is -2.18. The molecular formula is C15H22N2O. The third-order valence-electron chi connectivity index (χ3n) is 3.36. The Hall–Kier alpha value is -1.35. The van der Waals surface area contributed by atoms with Crippen LogP contribution < -0.4 is 10.6 Å². The van der Waals surface area contributed by atoms with E-state index in [-0.39, 0.29) is 5.91 Å². The first-order chi connectivity index (χ1) is 8.61. The highest BCUT2D eigenvalue weighted by Gasteiger charge is 2.24. The highest BCUT2D eigenvalue weighted by molar-refractivity contribution is 5.95. The van der Waals surface area contributed by atoms with Crippen molar-refractivity contribution in [2.75, 3.05) is 18.0 Å². The van der Waals surface area contributed by atoms with Gasteiger partial charge in [0.1, 0.15) is 0 Å². The van der Waals surface area contributed by atoms with Crippen LogP contribution in [-0.4, -0.2) is 19.0 Å². The number of amides is 1. The van der Waals surface area contributed by atoms with Gasteiger partial charge in [-0.25, -0.2) is 0 Å². The summed E-state index contributed by atoms with van der Waals surface area (Å²) in [6.45, 7) is 5.67. The van der Waals surface area contributed by atoms with Gasteiger partial charge in [-0.2, -0.15) is 0 Å². The van der Waals surface area contributed by atoms with Crippen molar-refractivity contribution < 1.29 is 4.79 Å². The number of hydrogen-bond acceptors (Lipinski definition) is 2. The molecule has 98 valence electrons. The molecule has 1 aliphatic rings. The van der Waals surface area contributed by atoms with E-state index in [0.29, 0.717) is 18.9 Å². The third kappa shape index (κ3) is 2.72. The Bertz CT molecular complexity index is 440. The van der Waals surface area contributed by atoms with Gasteiger partial charge in [0.25, 0.3) is 0 Å². The number of carbonyl (C=O) groups excluding carboxylic acids is 1. The normalized spacial score (nSPS) is 14.1. The second-order valence-corrected chi connectivity index (χ2v) is 5.40. The van der Waals surface area contributed by atoms with Crippen molar-refractivity contribution in [2.45, 2.75) is 33.1 Å². The summed E-state index contributed by atoms with van der Waals surface area (Å²) in [5.74, 6) is 0.661. The van der Waals surface area contributed by atoms with Crippen LogP contribution in [0.1, 0.15) is 31.4 Å². The van der Waals surface area contributed by atoms with Crippen LogP contribution in [0.4, 0.5) is 5.69 Å². The molecule has 0 saturated heterocycles. The molecule has 0 atom stereocenters. The largest absolute Gasteiger partial charge is 0.330 e. The second-order valence-electron chi connectivity index (χ2n) is 5.40. The second kappa shape index (κ2) is 5.53. The maximum absolute atomic E-state index is 12.1. The van der Waals surface area contributed by atoms with Crippen LogP contribution in [0.2, 0.25) is 0 Å². The van der Waals surface area contributed by atoms with Gasteiger partial charge in [-0.3, -0.25) is 4.79 Å². The first-order valence-corrected chi connectivity index (χ1v) is 6.74. The Balaban J connectivity index is 2.16. The lowest BCUT2D eigenvalue weighted by Crippen LogP contribution is -2.29. The summed E-state index contributed by atoms with van der Waals surface area (Å²) in [5.41, 5.74) is 9.23. The Morgan fingerprint density at radius 1 is 1.44 bits per heavy atom. The molecule has 1 aromatic carbocycles. The summed E-state index contributed by atoms with van der Waals surface area (Å²) in [6.07, 6.45) is 2.51. The van der Waals surface area contributed by atoms with Crippen LogP contribution >= 0.6 is 0 Å². The number of benzene rings is 1. The Kier molecular flexibility index (Phi) is 4.02. The standard InChI is InChI=1S/C15H22N2O/c1-11(2)9-15(18)17-8-6-13-10-12(5-7-16)3-4-14(13)17/h3-4,10-11H,5-9,16H2,1-2H3. The number of carbonyl (C=O) groups is 1. The van der Waals surface area contributed by atoms with Crippen molar-refractivity contribution in [2.24, 2.45) is 11.7 Å². The molecule has 3 heteroatoms. The van der Waals surface area contributed by atoms with E-state index in [0.717, 1.165) is 25.1 Å². The first-order valence-electron chi connectivity index (χ1n) is 6.74. The topological polar surface area (TPSA) is 46.3 Å². The lowest BCUT2D eigenvalue weighted by molar-refractivity contribution is -0.119. The number of anilines is 1. The molecule has 1 aromatic rings. The van der Waals surface area contributed by atoms with E-state index < -0.39 is 0 Å². The smallest absolute Gasteiger partial charge is 0.227 e. The summed E-state index contributed by atoms with van der Waals surface area (Å²) in [4.78, 5) is 14.1. The highest BCUT2D eigenvalue weighted by Crippen LogP contribution is 2.29. The molecule has 0 fully saturated rings. The van der Waals surface area contributed by atoms with Gasteiger partial charge in [0.05, 0.1) is 0 Å². The van der Waals surface area contributed by atoms with E-state index in [1.165, 1.54) is 11.1 Å². The van der Waals surface area contributed by atoms with Crippen molar-refractivity contribution in [3.63, 3.8) is 0 Å². The number of nitrogens with two attached hydrogens (primary N) is 1. The van der Waals surface area contributed by atoms with E-state index in [2.05, 4.69) is 32.0 Å². The Morgan fingerprint density at radius 2 is 2.22 bits per heavy atom. The van der Waals surface area contributed by atoms with Gasteiger partial charge in [0.15, 0.2) is 0 Å². The Labute approximate surface area is 109 Å². The molecule has 0 aromatic heterocycles. The van der Waals surface area contributed by atoms with E-state index in [4.69, 9.17) is 5.73 Å². The molecule has 0 bridgehead atoms. The van der Waals surface area contributed by atoms with Gasteiger partial charge in [-0.05, 0) is 42.5 Å². The van der Waals surface area contributed by atoms with Gasteiger partial charge >= 0.3 is 0 Å². The minimum atomic E-state index is 0.246. The van der Waals surface area contributed by atoms with Crippen LogP contribution in [0.15, 0.2) is 18.2 Å². The maximum atomic E-state index is 12.1. The van der Waals surface area contributed by atoms with Crippen LogP contribution in [0, 0.1) is 5.92 Å². The van der Waals surface area contributed by atoms with Gasteiger partial charge in [0.2, 0.25) is 5.91 Å². The van der Waals surface area contributed by atoms with Crippen LogP contribution in [0.5, 0.6) is 0 Å². The fourth-order valence-electron chi connectivity index (χ4n) is 2.50. The summed E-state index contributed by atoms with van der Waals surface area (Å²) in [5, 5.41) is 0. The average Bonchev–Trinajstić information content (AvgIpc) is 2.71. The van der Waals surface area contributed by atoms with E-state index in [9.17, 15) is 4.79 Å². The number of fused-ring (bicyclic) bond motifs is 1. The number of nitrogens with zero attached hydrogens (tertiary/aromatic N) is 1. The van der Waals surface area contributed by atoms with E-state index in [1.807, 2.05) is 4.90 Å². The number of rotatable bonds is 4. The van der Waals surface area contributed by atoms with Gasteiger partial charge in [-0.1, -0.05) is 26.0 Å². The molecule has 0 saturated carbocycles. The quantitative estimate of drug-likeness (QED) is 0.884. The zero-order chi connectivity index (χ0) is 13.1. The van der Waals surface area contributed by atoms with E-state index >= 15 is 0 Å². The molecule has 2 N–H and O–H groups in total. The molecule has 1 amide bonds. The number of hydrogen-bond donors (Lipinski definition) is 1. The predicted octanol–water partition coefficient (Wildman–Crippen LogP) is 2.12. The SMILES string of the molecule is CC(C)CC(=O)N1CCc2cc(CCN)ccc21. The molecule has 0 radical (unpaired) electrons. The zero-order valence-electron chi connectivity index (χ0n) is 11.3. The van der Waals surface area contributed by atoms with Crippen molar-refractivity contribution in [1.82, 2.24) is 0 Å². The minimum absolute atomic E-state index is 0.246. The van der Waals surface area contributed by atoms with Crippen molar-refractivity contribution in [3.05, 3.63) is 29.3 Å². The molecule has 0 spiro atoms. The molecule has 2 rings (SSSR count).